The highest BCUT2D eigenvalue weighted by Crippen LogP contribution is 2.27. The lowest BCUT2D eigenvalue weighted by Gasteiger charge is -2.29. The highest BCUT2D eigenvalue weighted by molar-refractivity contribution is 5.81. The van der Waals surface area contributed by atoms with Gasteiger partial charge in [0.25, 0.3) is 0 Å². The van der Waals surface area contributed by atoms with Crippen LogP contribution in [-0.2, 0) is 9.53 Å². The van der Waals surface area contributed by atoms with E-state index in [-0.39, 0.29) is 5.97 Å². The Hall–Kier alpha value is -1.09. The molecule has 0 aromatic carbocycles. The maximum atomic E-state index is 11.3. The van der Waals surface area contributed by atoms with E-state index in [4.69, 9.17) is 5.73 Å². The number of hydrogen-bond acceptors (Lipinski definition) is 3. The molecule has 0 amide bonds. The van der Waals surface area contributed by atoms with E-state index < -0.39 is 5.54 Å². The quantitative estimate of drug-likeness (QED) is 0.650. The Bertz CT molecular complexity index is 258. The number of nitrogens with two attached hydrogens (primary N) is 1. The lowest BCUT2D eigenvalue weighted by molar-refractivity contribution is -0.147. The van der Waals surface area contributed by atoms with Crippen molar-refractivity contribution in [2.24, 2.45) is 5.73 Å². The Kier molecular flexibility index (Phi) is 2.88. The molecule has 0 radical (unpaired) electrons. The number of carbonyl (C=O) groups excluding carboxylic acids is 1. The number of hydrogen-bond donors (Lipinski definition) is 1. The molecule has 0 heterocycles. The molecule has 0 unspecified atom stereocenters. The summed E-state index contributed by atoms with van der Waals surface area (Å²) in [5.41, 5.74) is 6.10. The standard InChI is InChI=1S/C10H15NO2/c1-3-8-5-4-6-10(11,7-8)9(12)13-2/h3,5H,1,4,6-7,11H2,2H3/t10-/m0/s1. The SMILES string of the molecule is C=CC1=CCC[C@@](N)(C(=O)OC)C1. The van der Waals surface area contributed by atoms with Gasteiger partial charge in [-0.15, -0.1) is 0 Å². The van der Waals surface area contributed by atoms with Crippen molar-refractivity contribution in [3.05, 3.63) is 24.3 Å². The molecule has 13 heavy (non-hydrogen) atoms. The first-order chi connectivity index (χ1) is 6.12. The van der Waals surface area contributed by atoms with Crippen molar-refractivity contribution < 1.29 is 9.53 Å². The van der Waals surface area contributed by atoms with Gasteiger partial charge in [-0.1, -0.05) is 24.3 Å². The van der Waals surface area contributed by atoms with Crippen molar-refractivity contribution in [1.82, 2.24) is 0 Å². The van der Waals surface area contributed by atoms with E-state index in [0.717, 1.165) is 12.0 Å². The summed E-state index contributed by atoms with van der Waals surface area (Å²) < 4.78 is 4.66. The Morgan fingerprint density at radius 3 is 3.08 bits per heavy atom. The van der Waals surface area contributed by atoms with Crippen LogP contribution in [-0.4, -0.2) is 18.6 Å². The van der Waals surface area contributed by atoms with Crippen molar-refractivity contribution in [3.8, 4) is 0 Å². The summed E-state index contributed by atoms with van der Waals surface area (Å²) in [5, 5.41) is 0. The molecule has 3 heteroatoms. The van der Waals surface area contributed by atoms with Gasteiger partial charge in [-0.05, 0) is 12.8 Å². The van der Waals surface area contributed by atoms with E-state index in [0.29, 0.717) is 12.8 Å². The maximum absolute atomic E-state index is 11.3. The van der Waals surface area contributed by atoms with Gasteiger partial charge in [0.2, 0.25) is 0 Å². The summed E-state index contributed by atoms with van der Waals surface area (Å²) in [5.74, 6) is -0.333. The summed E-state index contributed by atoms with van der Waals surface area (Å²) in [7, 11) is 1.36. The van der Waals surface area contributed by atoms with E-state index >= 15 is 0 Å². The Morgan fingerprint density at radius 2 is 2.54 bits per heavy atom. The minimum absolute atomic E-state index is 0.333. The molecule has 2 N–H and O–H groups in total. The third kappa shape index (κ3) is 1.98. The smallest absolute Gasteiger partial charge is 0.326 e. The summed E-state index contributed by atoms with van der Waals surface area (Å²) in [6.07, 6.45) is 5.79. The zero-order chi connectivity index (χ0) is 9.90. The molecule has 0 aromatic heterocycles. The Morgan fingerprint density at radius 1 is 1.85 bits per heavy atom. The lowest BCUT2D eigenvalue weighted by atomic mass is 9.82. The number of ether oxygens (including phenoxy) is 1. The highest BCUT2D eigenvalue weighted by Gasteiger charge is 2.36. The van der Waals surface area contributed by atoms with Gasteiger partial charge in [0.05, 0.1) is 7.11 Å². The molecule has 3 nitrogen and oxygen atoms in total. The van der Waals surface area contributed by atoms with Crippen molar-refractivity contribution >= 4 is 5.97 Å². The van der Waals surface area contributed by atoms with Gasteiger partial charge in [0, 0.05) is 6.42 Å². The second kappa shape index (κ2) is 3.75. The topological polar surface area (TPSA) is 52.3 Å². The van der Waals surface area contributed by atoms with E-state index in [2.05, 4.69) is 17.4 Å². The summed E-state index contributed by atoms with van der Waals surface area (Å²) in [6.45, 7) is 3.66. The van der Waals surface area contributed by atoms with Crippen LogP contribution >= 0.6 is 0 Å². The van der Waals surface area contributed by atoms with E-state index in [9.17, 15) is 4.79 Å². The van der Waals surface area contributed by atoms with Crippen LogP contribution < -0.4 is 5.73 Å². The molecule has 0 aliphatic heterocycles. The number of allylic oxidation sites excluding steroid dienone is 2. The van der Waals surface area contributed by atoms with Crippen LogP contribution in [0.4, 0.5) is 0 Å². The second-order valence-electron chi connectivity index (χ2n) is 3.35. The van der Waals surface area contributed by atoms with Gasteiger partial charge in [0.15, 0.2) is 0 Å². The summed E-state index contributed by atoms with van der Waals surface area (Å²) in [6, 6.07) is 0. The summed E-state index contributed by atoms with van der Waals surface area (Å²) >= 11 is 0. The van der Waals surface area contributed by atoms with Crippen LogP contribution in [0.1, 0.15) is 19.3 Å². The zero-order valence-electron chi connectivity index (χ0n) is 7.88. The molecular weight excluding hydrogens is 166 g/mol. The maximum Gasteiger partial charge on any atom is 0.326 e. The fourth-order valence-corrected chi connectivity index (χ4v) is 1.57. The monoisotopic (exact) mass is 181 g/mol. The zero-order valence-corrected chi connectivity index (χ0v) is 7.88. The minimum Gasteiger partial charge on any atom is -0.468 e. The molecule has 0 fully saturated rings. The molecule has 0 aromatic rings. The predicted octanol–water partition coefficient (Wildman–Crippen LogP) is 1.15. The number of rotatable bonds is 2. The molecular formula is C10H15NO2. The first-order valence-electron chi connectivity index (χ1n) is 4.31. The van der Waals surface area contributed by atoms with Crippen molar-refractivity contribution in [1.29, 1.82) is 0 Å². The van der Waals surface area contributed by atoms with Crippen LogP contribution in [0.5, 0.6) is 0 Å². The normalized spacial score (nSPS) is 27.7. The molecule has 72 valence electrons. The number of methoxy groups -OCH3 is 1. The lowest BCUT2D eigenvalue weighted by Crippen LogP contribution is -2.49. The molecule has 0 saturated carbocycles. The fraction of sp³-hybridized carbons (Fsp3) is 0.500. The van der Waals surface area contributed by atoms with Crippen molar-refractivity contribution in [3.63, 3.8) is 0 Å². The van der Waals surface area contributed by atoms with Crippen LogP contribution in [0, 0.1) is 0 Å². The first kappa shape index (κ1) is 9.99. The number of carbonyl (C=O) groups is 1. The van der Waals surface area contributed by atoms with E-state index in [1.807, 2.05) is 0 Å². The van der Waals surface area contributed by atoms with Gasteiger partial charge in [-0.25, -0.2) is 0 Å². The average Bonchev–Trinajstić information content (AvgIpc) is 2.16. The van der Waals surface area contributed by atoms with Gasteiger partial charge >= 0.3 is 5.97 Å². The first-order valence-corrected chi connectivity index (χ1v) is 4.31. The van der Waals surface area contributed by atoms with Gasteiger partial charge in [0.1, 0.15) is 5.54 Å². The van der Waals surface area contributed by atoms with Crippen LogP contribution in [0.15, 0.2) is 24.3 Å². The molecule has 1 rings (SSSR count). The third-order valence-electron chi connectivity index (χ3n) is 2.37. The third-order valence-corrected chi connectivity index (χ3v) is 2.37. The van der Waals surface area contributed by atoms with Gasteiger partial charge in [-0.2, -0.15) is 0 Å². The molecule has 0 bridgehead atoms. The van der Waals surface area contributed by atoms with E-state index in [1.165, 1.54) is 7.11 Å². The molecule has 0 spiro atoms. The minimum atomic E-state index is -0.840. The van der Waals surface area contributed by atoms with Crippen LogP contribution in [0.25, 0.3) is 0 Å². The van der Waals surface area contributed by atoms with E-state index in [1.54, 1.807) is 6.08 Å². The predicted molar refractivity (Wildman–Crippen MR) is 51.1 cm³/mol. The molecule has 1 aliphatic carbocycles. The molecule has 0 saturated heterocycles. The Labute approximate surface area is 78.3 Å². The fourth-order valence-electron chi connectivity index (χ4n) is 1.57. The second-order valence-corrected chi connectivity index (χ2v) is 3.35. The Balaban J connectivity index is 2.78. The average molecular weight is 181 g/mol. The molecule has 1 atom stereocenters. The van der Waals surface area contributed by atoms with Crippen molar-refractivity contribution in [2.75, 3.05) is 7.11 Å². The van der Waals surface area contributed by atoms with Crippen LogP contribution in [0.2, 0.25) is 0 Å². The van der Waals surface area contributed by atoms with Gasteiger partial charge < -0.3 is 10.5 Å². The highest BCUT2D eigenvalue weighted by atomic mass is 16.5. The number of esters is 1. The molecule has 1 aliphatic rings. The van der Waals surface area contributed by atoms with Gasteiger partial charge in [-0.3, -0.25) is 4.79 Å². The van der Waals surface area contributed by atoms with Crippen molar-refractivity contribution in [2.45, 2.75) is 24.8 Å². The van der Waals surface area contributed by atoms with Crippen LogP contribution in [0.3, 0.4) is 0 Å². The summed E-state index contributed by atoms with van der Waals surface area (Å²) in [4.78, 5) is 11.3. The largest absolute Gasteiger partial charge is 0.468 e.